The van der Waals surface area contributed by atoms with Crippen molar-refractivity contribution in [2.24, 2.45) is 11.3 Å². The summed E-state index contributed by atoms with van der Waals surface area (Å²) in [6.07, 6.45) is 2.03. The van der Waals surface area contributed by atoms with Crippen molar-refractivity contribution in [3.05, 3.63) is 11.2 Å². The number of hydrogen-bond donors (Lipinski definition) is 0. The molecule has 0 aromatic carbocycles. The van der Waals surface area contributed by atoms with Gasteiger partial charge in [-0.15, -0.1) is 0 Å². The lowest BCUT2D eigenvalue weighted by Gasteiger charge is -2.41. The number of halogens is 1. The number of thioether (sulfide) groups is 1. The molecule has 200 valence electrons. The molecule has 2 amide bonds. The van der Waals surface area contributed by atoms with E-state index in [9.17, 15) is 14.4 Å². The van der Waals surface area contributed by atoms with Crippen LogP contribution < -0.4 is 4.90 Å². The molecule has 3 rings (SSSR count). The van der Waals surface area contributed by atoms with E-state index >= 15 is 0 Å². The Balaban J connectivity index is 1.58. The summed E-state index contributed by atoms with van der Waals surface area (Å²) in [5, 5.41) is 0.748. The average molecular weight is 540 g/mol. The van der Waals surface area contributed by atoms with E-state index in [2.05, 4.69) is 35.6 Å². The minimum absolute atomic E-state index is 0.0477. The van der Waals surface area contributed by atoms with Crippen LogP contribution in [-0.2, 0) is 19.1 Å². The van der Waals surface area contributed by atoms with Crippen molar-refractivity contribution in [1.29, 1.82) is 0 Å². The number of piperazine rings is 1. The number of aromatic nitrogens is 2. The molecular formula is C25H38ClN5O4S. The van der Waals surface area contributed by atoms with Crippen molar-refractivity contribution < 1.29 is 19.1 Å². The number of hydrogen-bond acceptors (Lipinski definition) is 8. The van der Waals surface area contributed by atoms with E-state index in [0.717, 1.165) is 12.8 Å². The molecule has 1 aromatic rings. The van der Waals surface area contributed by atoms with Gasteiger partial charge in [-0.25, -0.2) is 9.97 Å². The largest absolute Gasteiger partial charge is 0.466 e. The summed E-state index contributed by atoms with van der Waals surface area (Å²) in [5.41, 5.74) is -0.0500. The van der Waals surface area contributed by atoms with Gasteiger partial charge in [0, 0.05) is 51.3 Å². The van der Waals surface area contributed by atoms with Gasteiger partial charge < -0.3 is 19.4 Å². The first-order valence-electron chi connectivity index (χ1n) is 12.6. The van der Waals surface area contributed by atoms with E-state index in [1.165, 1.54) is 11.8 Å². The van der Waals surface area contributed by atoms with Crippen LogP contribution in [0.1, 0.15) is 53.9 Å². The van der Waals surface area contributed by atoms with Gasteiger partial charge in [-0.3, -0.25) is 14.4 Å². The molecule has 0 spiro atoms. The molecule has 3 heterocycles. The van der Waals surface area contributed by atoms with E-state index in [1.807, 2.05) is 11.8 Å². The molecule has 36 heavy (non-hydrogen) atoms. The number of rotatable bonds is 7. The topological polar surface area (TPSA) is 95.9 Å². The third-order valence-electron chi connectivity index (χ3n) is 6.33. The fourth-order valence-electron chi connectivity index (χ4n) is 4.58. The quantitative estimate of drug-likeness (QED) is 0.225. The molecule has 1 aromatic heterocycles. The van der Waals surface area contributed by atoms with Gasteiger partial charge in [-0.05, 0) is 32.1 Å². The number of nitrogens with zero attached hydrogens (tertiary/aromatic N) is 5. The maximum absolute atomic E-state index is 12.8. The second-order valence-corrected chi connectivity index (χ2v) is 12.0. The minimum atomic E-state index is -0.266. The summed E-state index contributed by atoms with van der Waals surface area (Å²) in [7, 11) is 0. The van der Waals surface area contributed by atoms with Crippen LogP contribution in [0.4, 0.5) is 5.82 Å². The van der Waals surface area contributed by atoms with E-state index in [1.54, 1.807) is 17.9 Å². The van der Waals surface area contributed by atoms with Crippen LogP contribution in [0.25, 0.3) is 0 Å². The maximum Gasteiger partial charge on any atom is 0.310 e. The molecule has 0 radical (unpaired) electrons. The van der Waals surface area contributed by atoms with Gasteiger partial charge in [0.05, 0.1) is 18.3 Å². The fraction of sp³-hybridized carbons (Fsp3) is 0.720. The lowest BCUT2D eigenvalue weighted by Crippen LogP contribution is -2.54. The number of likely N-dealkylation sites (tertiary alicyclic amines) is 1. The first-order valence-corrected chi connectivity index (χ1v) is 14.0. The molecule has 11 heteroatoms. The van der Waals surface area contributed by atoms with E-state index in [0.29, 0.717) is 61.9 Å². The molecule has 2 unspecified atom stereocenters. The first-order chi connectivity index (χ1) is 17.0. The summed E-state index contributed by atoms with van der Waals surface area (Å²) >= 11 is 7.54. The highest BCUT2D eigenvalue weighted by Crippen LogP contribution is 2.27. The number of carbonyl (C=O) groups is 3. The number of anilines is 1. The lowest BCUT2D eigenvalue weighted by molar-refractivity contribution is -0.151. The van der Waals surface area contributed by atoms with Crippen LogP contribution in [0, 0.1) is 11.3 Å². The van der Waals surface area contributed by atoms with E-state index in [4.69, 9.17) is 16.3 Å². The number of esters is 1. The van der Waals surface area contributed by atoms with Crippen LogP contribution >= 0.6 is 23.4 Å². The van der Waals surface area contributed by atoms with Gasteiger partial charge in [-0.1, -0.05) is 44.1 Å². The monoisotopic (exact) mass is 539 g/mol. The van der Waals surface area contributed by atoms with E-state index in [-0.39, 0.29) is 40.9 Å². The molecule has 0 N–H and O–H groups in total. The van der Waals surface area contributed by atoms with E-state index < -0.39 is 0 Å². The van der Waals surface area contributed by atoms with Gasteiger partial charge in [-0.2, -0.15) is 0 Å². The van der Waals surface area contributed by atoms with Crippen molar-refractivity contribution in [2.45, 2.75) is 65.1 Å². The fourth-order valence-corrected chi connectivity index (χ4v) is 5.56. The summed E-state index contributed by atoms with van der Waals surface area (Å²) in [6, 6.07) is 1.77. The second kappa shape index (κ2) is 12.4. The van der Waals surface area contributed by atoms with Gasteiger partial charge >= 0.3 is 5.97 Å². The second-order valence-electron chi connectivity index (χ2n) is 10.7. The smallest absolute Gasteiger partial charge is 0.310 e. The summed E-state index contributed by atoms with van der Waals surface area (Å²) in [4.78, 5) is 52.4. The highest BCUT2D eigenvalue weighted by atomic mass is 35.5. The summed E-state index contributed by atoms with van der Waals surface area (Å²) < 4.78 is 5.13. The van der Waals surface area contributed by atoms with Crippen LogP contribution in [0.15, 0.2) is 11.2 Å². The van der Waals surface area contributed by atoms with Crippen LogP contribution in [0.2, 0.25) is 5.15 Å². The Bertz CT molecular complexity index is 957. The number of carbonyl (C=O) groups excluding carboxylic acids is 3. The highest BCUT2D eigenvalue weighted by molar-refractivity contribution is 7.99. The highest BCUT2D eigenvalue weighted by Gasteiger charge is 2.31. The van der Waals surface area contributed by atoms with Crippen molar-refractivity contribution in [3.8, 4) is 0 Å². The van der Waals surface area contributed by atoms with Crippen molar-refractivity contribution in [2.75, 3.05) is 50.0 Å². The molecular weight excluding hydrogens is 502 g/mol. The normalized spacial score (nSPS) is 20.9. The Morgan fingerprint density at radius 2 is 1.89 bits per heavy atom. The van der Waals surface area contributed by atoms with Crippen LogP contribution in [0.3, 0.4) is 0 Å². The third kappa shape index (κ3) is 7.96. The van der Waals surface area contributed by atoms with Gasteiger partial charge in [0.1, 0.15) is 11.0 Å². The average Bonchev–Trinajstić information content (AvgIpc) is 2.81. The first kappa shape index (κ1) is 28.5. The lowest BCUT2D eigenvalue weighted by atomic mass is 9.91. The van der Waals surface area contributed by atoms with Crippen molar-refractivity contribution in [3.63, 3.8) is 0 Å². The zero-order valence-corrected chi connectivity index (χ0v) is 23.5. The minimum Gasteiger partial charge on any atom is -0.466 e. The van der Waals surface area contributed by atoms with Gasteiger partial charge in [0.15, 0.2) is 5.16 Å². The molecule has 2 atom stereocenters. The maximum atomic E-state index is 12.8. The summed E-state index contributed by atoms with van der Waals surface area (Å²) in [6.45, 7) is 13.3. The SMILES string of the molecule is CCOC(=O)C1CCCN(C(=O)CSc2nc(Cl)cc(N3CCN(C(=O)CC(C)(C)C)C(C)C3)n2)C1. The zero-order chi connectivity index (χ0) is 26.5. The Morgan fingerprint density at radius 1 is 1.14 bits per heavy atom. The number of amides is 2. The van der Waals surface area contributed by atoms with Gasteiger partial charge in [0.25, 0.3) is 0 Å². The van der Waals surface area contributed by atoms with Gasteiger partial charge in [0.2, 0.25) is 11.8 Å². The number of ether oxygens (including phenoxy) is 1. The Kier molecular flexibility index (Phi) is 9.86. The predicted octanol–water partition coefficient (Wildman–Crippen LogP) is 3.50. The zero-order valence-electron chi connectivity index (χ0n) is 22.0. The standard InChI is InChI=1S/C25H38ClN5O4S/c1-6-35-23(34)18-8-7-9-30(15-18)22(33)16-36-24-27-19(26)12-20(28-24)29-10-11-31(17(2)14-29)21(32)13-25(3,4)5/h12,17-18H,6-11,13-16H2,1-5H3. The molecule has 9 nitrogen and oxygen atoms in total. The molecule has 0 saturated carbocycles. The Morgan fingerprint density at radius 3 is 2.56 bits per heavy atom. The molecule has 0 bridgehead atoms. The molecule has 2 saturated heterocycles. The van der Waals surface area contributed by atoms with Crippen LogP contribution in [-0.4, -0.2) is 88.7 Å². The van der Waals surface area contributed by atoms with Crippen molar-refractivity contribution in [1.82, 2.24) is 19.8 Å². The Labute approximate surface area is 223 Å². The van der Waals surface area contributed by atoms with Crippen LogP contribution in [0.5, 0.6) is 0 Å². The van der Waals surface area contributed by atoms with Crippen molar-refractivity contribution >= 4 is 47.0 Å². The number of piperidine rings is 1. The Hall–Kier alpha value is -2.07. The third-order valence-corrected chi connectivity index (χ3v) is 7.36. The molecule has 2 aliphatic rings. The molecule has 2 fully saturated rings. The molecule has 2 aliphatic heterocycles. The molecule has 0 aliphatic carbocycles. The summed E-state index contributed by atoms with van der Waals surface area (Å²) in [5.74, 6) is 0.477. The predicted molar refractivity (Wildman–Crippen MR) is 141 cm³/mol.